The minimum atomic E-state index is -1.02. The van der Waals surface area contributed by atoms with Crippen LogP contribution in [0, 0.1) is 5.41 Å². The number of phenols is 1. The molecule has 1 N–H and O–H groups in total. The van der Waals surface area contributed by atoms with E-state index in [1.165, 1.54) is 0 Å². The van der Waals surface area contributed by atoms with Gasteiger partial charge in [-0.1, -0.05) is 109 Å². The van der Waals surface area contributed by atoms with Crippen LogP contribution in [0.5, 0.6) is 5.75 Å². The largest absolute Gasteiger partial charge is 0.507 e. The Morgan fingerprint density at radius 3 is 1.92 bits per heavy atom. The van der Waals surface area contributed by atoms with Gasteiger partial charge in [-0.05, 0) is 58.9 Å². The molecule has 0 aliphatic rings. The van der Waals surface area contributed by atoms with Crippen molar-refractivity contribution >= 4 is 6.29 Å². The Balaban J connectivity index is 2.49. The Morgan fingerprint density at radius 1 is 0.784 bits per heavy atom. The average Bonchev–Trinajstić information content (AvgIpc) is 2.95. The highest BCUT2D eigenvalue weighted by Crippen LogP contribution is 2.48. The molecule has 0 saturated carbocycles. The van der Waals surface area contributed by atoms with E-state index in [9.17, 15) is 9.90 Å². The van der Waals surface area contributed by atoms with Crippen LogP contribution in [-0.2, 0) is 22.2 Å². The lowest BCUT2D eigenvalue weighted by molar-refractivity contribution is 0.0573. The summed E-state index contributed by atoms with van der Waals surface area (Å²) < 4.78 is 6.51. The smallest absolute Gasteiger partial charge is 0.150 e. The molecule has 0 bridgehead atoms. The third kappa shape index (κ3) is 5.25. The van der Waals surface area contributed by atoms with Crippen LogP contribution in [-0.4, -0.2) is 18.5 Å². The minimum absolute atomic E-state index is 0.0609. The molecule has 0 radical (unpaired) electrons. The van der Waals surface area contributed by atoms with Gasteiger partial charge in [0.05, 0.1) is 0 Å². The second-order valence-electron chi connectivity index (χ2n) is 11.0. The van der Waals surface area contributed by atoms with E-state index in [0.29, 0.717) is 11.3 Å². The number of carbonyl (C=O) groups is 1. The molecule has 1 atom stereocenters. The molecule has 0 fully saturated rings. The fourth-order valence-corrected chi connectivity index (χ4v) is 5.50. The molecule has 37 heavy (non-hydrogen) atoms. The van der Waals surface area contributed by atoms with Gasteiger partial charge in [-0.15, -0.1) is 0 Å². The number of benzene rings is 3. The molecule has 0 saturated heterocycles. The zero-order valence-electron chi connectivity index (χ0n) is 23.7. The van der Waals surface area contributed by atoms with Crippen LogP contribution in [0.2, 0.25) is 0 Å². The van der Waals surface area contributed by atoms with E-state index in [4.69, 9.17) is 4.74 Å². The van der Waals surface area contributed by atoms with Crippen LogP contribution in [0.1, 0.15) is 105 Å². The van der Waals surface area contributed by atoms with Crippen LogP contribution >= 0.6 is 0 Å². The topological polar surface area (TPSA) is 46.5 Å². The Kier molecular flexibility index (Phi) is 9.02. The number of aldehydes is 1. The van der Waals surface area contributed by atoms with Crippen molar-refractivity contribution in [3.05, 3.63) is 100 Å². The summed E-state index contributed by atoms with van der Waals surface area (Å²) >= 11 is 0. The molecular formula is C34H44O3. The number of hydrogen-bond donors (Lipinski definition) is 1. The van der Waals surface area contributed by atoms with Gasteiger partial charge < -0.3 is 9.84 Å². The lowest BCUT2D eigenvalue weighted by atomic mass is 9.70. The van der Waals surface area contributed by atoms with Crippen LogP contribution in [0.4, 0.5) is 0 Å². The van der Waals surface area contributed by atoms with Crippen LogP contribution in [0.3, 0.4) is 0 Å². The Hall–Kier alpha value is -2.91. The second kappa shape index (κ2) is 11.6. The fraction of sp³-hybridized carbons (Fsp3) is 0.441. The predicted octanol–water partition coefficient (Wildman–Crippen LogP) is 8.59. The molecule has 3 nitrogen and oxygen atoms in total. The SMILES string of the molecule is CCC(C)(CC)Cc1cc(C(OC)(c2ccccc2)c2ccccc2C=O)cc(C(C)(CC)CC)c1O. The van der Waals surface area contributed by atoms with E-state index in [2.05, 4.69) is 65.8 Å². The zero-order chi connectivity index (χ0) is 27.3. The highest BCUT2D eigenvalue weighted by molar-refractivity contribution is 5.79. The predicted molar refractivity (Wildman–Crippen MR) is 154 cm³/mol. The van der Waals surface area contributed by atoms with Crippen molar-refractivity contribution in [2.45, 2.75) is 84.7 Å². The van der Waals surface area contributed by atoms with E-state index in [-0.39, 0.29) is 10.8 Å². The molecule has 3 rings (SSSR count). The van der Waals surface area contributed by atoms with E-state index >= 15 is 0 Å². The van der Waals surface area contributed by atoms with E-state index in [1.54, 1.807) is 7.11 Å². The van der Waals surface area contributed by atoms with Crippen LogP contribution in [0.15, 0.2) is 66.7 Å². The molecule has 1 unspecified atom stereocenters. The first-order chi connectivity index (χ1) is 17.7. The summed E-state index contributed by atoms with van der Waals surface area (Å²) in [6.45, 7) is 13.3. The van der Waals surface area contributed by atoms with Crippen molar-refractivity contribution in [1.29, 1.82) is 0 Å². The van der Waals surface area contributed by atoms with Crippen molar-refractivity contribution in [3.8, 4) is 5.75 Å². The summed E-state index contributed by atoms with van der Waals surface area (Å²) in [6, 6.07) is 22.0. The Bertz CT molecular complexity index is 1190. The van der Waals surface area contributed by atoms with Crippen molar-refractivity contribution < 1.29 is 14.6 Å². The van der Waals surface area contributed by atoms with E-state index in [0.717, 1.165) is 66.2 Å². The molecular weight excluding hydrogens is 456 g/mol. The highest BCUT2D eigenvalue weighted by Gasteiger charge is 2.41. The van der Waals surface area contributed by atoms with Gasteiger partial charge in [-0.2, -0.15) is 0 Å². The summed E-state index contributed by atoms with van der Waals surface area (Å²) in [7, 11) is 1.71. The first-order valence-electron chi connectivity index (χ1n) is 13.7. The number of carbonyl (C=O) groups excluding carboxylic acids is 1. The third-order valence-electron chi connectivity index (χ3n) is 9.08. The number of ether oxygens (including phenoxy) is 1. The molecule has 3 aromatic rings. The summed E-state index contributed by atoms with van der Waals surface area (Å²) in [6.07, 6.45) is 5.50. The first-order valence-corrected chi connectivity index (χ1v) is 13.7. The second-order valence-corrected chi connectivity index (χ2v) is 11.0. The molecule has 0 aliphatic carbocycles. The summed E-state index contributed by atoms with van der Waals surface area (Å²) in [5.41, 5.74) is 3.98. The standard InChI is InChI=1S/C34H44O3/c1-8-32(5,9-2)23-26-21-28(22-30(31(26)36)33(6,10-3)11-4)34(37-7,27-18-13-12-14-19-27)29-20-16-15-17-25(29)24-35/h12-22,24,36H,8-11,23H2,1-7H3. The van der Waals surface area contributed by atoms with Crippen molar-refractivity contribution in [2.75, 3.05) is 7.11 Å². The van der Waals surface area contributed by atoms with Gasteiger partial charge in [0.25, 0.3) is 0 Å². The van der Waals surface area contributed by atoms with Gasteiger partial charge >= 0.3 is 0 Å². The maximum atomic E-state index is 12.3. The van der Waals surface area contributed by atoms with Gasteiger partial charge in [0.15, 0.2) is 0 Å². The molecule has 3 aromatic carbocycles. The van der Waals surface area contributed by atoms with Crippen LogP contribution < -0.4 is 0 Å². The average molecular weight is 501 g/mol. The Labute approximate surface area is 223 Å². The van der Waals surface area contributed by atoms with E-state index < -0.39 is 5.60 Å². The van der Waals surface area contributed by atoms with Crippen molar-refractivity contribution in [3.63, 3.8) is 0 Å². The molecule has 0 heterocycles. The van der Waals surface area contributed by atoms with Gasteiger partial charge in [-0.3, -0.25) is 4.79 Å². The molecule has 3 heteroatoms. The van der Waals surface area contributed by atoms with Crippen molar-refractivity contribution in [2.24, 2.45) is 5.41 Å². The number of hydrogen-bond acceptors (Lipinski definition) is 3. The van der Waals surface area contributed by atoms with Gasteiger partial charge in [0, 0.05) is 23.8 Å². The fourth-order valence-electron chi connectivity index (χ4n) is 5.50. The third-order valence-corrected chi connectivity index (χ3v) is 9.08. The summed E-state index contributed by atoms with van der Waals surface area (Å²) in [4.78, 5) is 12.3. The van der Waals surface area contributed by atoms with Crippen molar-refractivity contribution in [1.82, 2.24) is 0 Å². The normalized spacial score (nSPS) is 13.8. The number of aromatic hydroxyl groups is 1. The Morgan fingerprint density at radius 2 is 1.38 bits per heavy atom. The van der Waals surface area contributed by atoms with Gasteiger partial charge in [-0.25, -0.2) is 0 Å². The number of rotatable bonds is 12. The molecule has 198 valence electrons. The molecule has 0 amide bonds. The lowest BCUT2D eigenvalue weighted by Crippen LogP contribution is -2.34. The summed E-state index contributed by atoms with van der Waals surface area (Å²) in [5.74, 6) is 0.393. The van der Waals surface area contributed by atoms with E-state index in [1.807, 2.05) is 42.5 Å². The lowest BCUT2D eigenvalue weighted by Gasteiger charge is -2.38. The molecule has 0 spiro atoms. The first kappa shape index (κ1) is 28.7. The number of phenolic OH excluding ortho intramolecular Hbond substituents is 1. The quantitative estimate of drug-likeness (QED) is 0.200. The number of methoxy groups -OCH3 is 1. The highest BCUT2D eigenvalue weighted by atomic mass is 16.5. The minimum Gasteiger partial charge on any atom is -0.507 e. The summed E-state index contributed by atoms with van der Waals surface area (Å²) in [5, 5.41) is 11.7. The molecule has 0 aromatic heterocycles. The maximum absolute atomic E-state index is 12.3. The molecule has 0 aliphatic heterocycles. The van der Waals surface area contributed by atoms with Crippen LogP contribution in [0.25, 0.3) is 0 Å². The maximum Gasteiger partial charge on any atom is 0.150 e. The van der Waals surface area contributed by atoms with Gasteiger partial charge in [0.1, 0.15) is 17.6 Å². The zero-order valence-corrected chi connectivity index (χ0v) is 23.7. The monoisotopic (exact) mass is 500 g/mol. The van der Waals surface area contributed by atoms with Gasteiger partial charge in [0.2, 0.25) is 0 Å².